The molecule has 2 saturated heterocycles. The zero-order chi connectivity index (χ0) is 17.9. The first kappa shape index (κ1) is 16.0. The average molecular weight is 360 g/mol. The molecular formula is C20H24O6. The SMILES string of the molecule is CC1(C)OC2OC3C4C(OCc5ccccc5)(C2O1)C1C(CO)(CO)C341. The van der Waals surface area contributed by atoms with Gasteiger partial charge in [0, 0.05) is 22.7 Å². The zero-order valence-corrected chi connectivity index (χ0v) is 14.9. The van der Waals surface area contributed by atoms with E-state index in [1.807, 2.05) is 44.2 Å². The summed E-state index contributed by atoms with van der Waals surface area (Å²) < 4.78 is 25.0. The van der Waals surface area contributed by atoms with E-state index in [4.69, 9.17) is 18.9 Å². The summed E-state index contributed by atoms with van der Waals surface area (Å²) in [5, 5.41) is 20.2. The van der Waals surface area contributed by atoms with E-state index in [1.165, 1.54) is 0 Å². The lowest BCUT2D eigenvalue weighted by Crippen LogP contribution is -2.61. The van der Waals surface area contributed by atoms with Gasteiger partial charge in [-0.1, -0.05) is 30.3 Å². The minimum Gasteiger partial charge on any atom is -0.396 e. The van der Waals surface area contributed by atoms with Crippen molar-refractivity contribution >= 4 is 0 Å². The highest BCUT2D eigenvalue weighted by Crippen LogP contribution is 3.01. The molecule has 7 atom stereocenters. The Morgan fingerprint density at radius 2 is 1.77 bits per heavy atom. The van der Waals surface area contributed by atoms with Gasteiger partial charge in [-0.2, -0.15) is 0 Å². The van der Waals surface area contributed by atoms with Crippen LogP contribution in [0, 0.1) is 22.7 Å². The largest absolute Gasteiger partial charge is 0.396 e. The Bertz CT molecular complexity index is 757. The number of benzene rings is 1. The minimum atomic E-state index is -0.733. The van der Waals surface area contributed by atoms with E-state index in [1.54, 1.807) is 0 Å². The summed E-state index contributed by atoms with van der Waals surface area (Å²) in [6, 6.07) is 10.1. The van der Waals surface area contributed by atoms with E-state index in [2.05, 4.69) is 0 Å². The molecule has 0 aromatic heterocycles. The molecule has 6 rings (SSSR count). The van der Waals surface area contributed by atoms with Gasteiger partial charge in [0.15, 0.2) is 12.1 Å². The molecule has 7 unspecified atom stereocenters. The second-order valence-corrected chi connectivity index (χ2v) is 8.93. The fraction of sp³-hybridized carbons (Fsp3) is 0.700. The van der Waals surface area contributed by atoms with Crippen LogP contribution in [0.15, 0.2) is 30.3 Å². The number of hydrogen-bond donors (Lipinski definition) is 2. The first-order valence-corrected chi connectivity index (χ1v) is 9.39. The highest BCUT2D eigenvalue weighted by Gasteiger charge is 3.11. The third-order valence-corrected chi connectivity index (χ3v) is 7.60. The van der Waals surface area contributed by atoms with Crippen LogP contribution in [-0.2, 0) is 25.6 Å². The van der Waals surface area contributed by atoms with Gasteiger partial charge in [-0.3, -0.25) is 0 Å². The van der Waals surface area contributed by atoms with Crippen molar-refractivity contribution < 1.29 is 29.2 Å². The maximum absolute atomic E-state index is 10.1. The van der Waals surface area contributed by atoms with Crippen LogP contribution in [0.2, 0.25) is 0 Å². The summed E-state index contributed by atoms with van der Waals surface area (Å²) in [7, 11) is 0. The molecule has 3 saturated carbocycles. The Labute approximate surface area is 152 Å². The molecule has 1 aromatic carbocycles. The Kier molecular flexibility index (Phi) is 2.77. The molecule has 2 aliphatic heterocycles. The Morgan fingerprint density at radius 3 is 2.46 bits per heavy atom. The highest BCUT2D eigenvalue weighted by molar-refractivity contribution is 5.56. The van der Waals surface area contributed by atoms with Crippen molar-refractivity contribution in [3.8, 4) is 0 Å². The summed E-state index contributed by atoms with van der Waals surface area (Å²) in [6.07, 6.45) is -0.825. The van der Waals surface area contributed by atoms with Crippen molar-refractivity contribution in [2.24, 2.45) is 22.7 Å². The number of aliphatic hydroxyl groups is 2. The van der Waals surface area contributed by atoms with Crippen LogP contribution >= 0.6 is 0 Å². The highest BCUT2D eigenvalue weighted by atomic mass is 16.8. The van der Waals surface area contributed by atoms with Crippen LogP contribution in [-0.4, -0.2) is 53.3 Å². The predicted molar refractivity (Wildman–Crippen MR) is 88.7 cm³/mol. The smallest absolute Gasteiger partial charge is 0.190 e. The number of ether oxygens (including phenoxy) is 4. The van der Waals surface area contributed by atoms with Crippen molar-refractivity contribution in [2.75, 3.05) is 13.2 Å². The minimum absolute atomic E-state index is 0.0266. The molecule has 0 bridgehead atoms. The van der Waals surface area contributed by atoms with Crippen LogP contribution in [0.3, 0.4) is 0 Å². The third kappa shape index (κ3) is 1.43. The van der Waals surface area contributed by atoms with E-state index in [0.29, 0.717) is 6.61 Å². The van der Waals surface area contributed by atoms with E-state index in [0.717, 1.165) is 5.56 Å². The number of rotatable bonds is 5. The van der Waals surface area contributed by atoms with Crippen molar-refractivity contribution in [3.05, 3.63) is 35.9 Å². The fourth-order valence-electron chi connectivity index (χ4n) is 6.81. The van der Waals surface area contributed by atoms with Gasteiger partial charge in [0.25, 0.3) is 0 Å². The molecule has 2 heterocycles. The van der Waals surface area contributed by atoms with Crippen molar-refractivity contribution in [2.45, 2.75) is 50.3 Å². The first-order chi connectivity index (χ1) is 12.5. The average Bonchev–Trinajstić information content (AvgIpc) is 3.36. The second kappa shape index (κ2) is 4.51. The number of fused-ring (bicyclic) bond motifs is 3. The molecule has 0 radical (unpaired) electrons. The Morgan fingerprint density at radius 1 is 1.04 bits per heavy atom. The molecule has 2 N–H and O–H groups in total. The maximum atomic E-state index is 10.1. The van der Waals surface area contributed by atoms with Crippen LogP contribution in [0.25, 0.3) is 0 Å². The van der Waals surface area contributed by atoms with E-state index in [-0.39, 0.29) is 42.7 Å². The molecule has 6 heteroatoms. The fourth-order valence-corrected chi connectivity index (χ4v) is 6.81. The topological polar surface area (TPSA) is 77.4 Å². The lowest BCUT2D eigenvalue weighted by atomic mass is 9.74. The van der Waals surface area contributed by atoms with Crippen LogP contribution in [0.4, 0.5) is 0 Å². The molecule has 0 amide bonds. The quantitative estimate of drug-likeness (QED) is 0.817. The molecule has 1 aromatic rings. The van der Waals surface area contributed by atoms with Gasteiger partial charge in [0.2, 0.25) is 0 Å². The molecular weight excluding hydrogens is 336 g/mol. The number of hydrogen-bond acceptors (Lipinski definition) is 6. The summed E-state index contributed by atoms with van der Waals surface area (Å²) in [5.41, 5.74) is -0.158. The normalized spacial score (nSPS) is 50.2. The lowest BCUT2D eigenvalue weighted by Gasteiger charge is -2.46. The third-order valence-electron chi connectivity index (χ3n) is 7.60. The molecule has 5 fully saturated rings. The van der Waals surface area contributed by atoms with E-state index >= 15 is 0 Å². The van der Waals surface area contributed by atoms with E-state index in [9.17, 15) is 10.2 Å². The predicted octanol–water partition coefficient (Wildman–Crippen LogP) is 1.05. The molecule has 26 heavy (non-hydrogen) atoms. The van der Waals surface area contributed by atoms with Crippen molar-refractivity contribution in [1.82, 2.24) is 0 Å². The van der Waals surface area contributed by atoms with Gasteiger partial charge in [0.05, 0.1) is 25.9 Å². The first-order valence-electron chi connectivity index (χ1n) is 9.39. The van der Waals surface area contributed by atoms with Gasteiger partial charge in [-0.25, -0.2) is 0 Å². The van der Waals surface area contributed by atoms with Gasteiger partial charge in [-0.05, 0) is 19.4 Å². The van der Waals surface area contributed by atoms with E-state index < -0.39 is 23.1 Å². The monoisotopic (exact) mass is 360 g/mol. The van der Waals surface area contributed by atoms with Gasteiger partial charge in [0.1, 0.15) is 11.7 Å². The summed E-state index contributed by atoms with van der Waals surface area (Å²) in [4.78, 5) is 0. The van der Waals surface area contributed by atoms with Crippen LogP contribution < -0.4 is 0 Å². The molecule has 3 aliphatic carbocycles. The molecule has 1 spiro atoms. The Balaban J connectivity index is 1.38. The second-order valence-electron chi connectivity index (χ2n) is 8.93. The van der Waals surface area contributed by atoms with Crippen molar-refractivity contribution in [3.63, 3.8) is 0 Å². The van der Waals surface area contributed by atoms with Crippen LogP contribution in [0.5, 0.6) is 0 Å². The van der Waals surface area contributed by atoms with Gasteiger partial charge >= 0.3 is 0 Å². The van der Waals surface area contributed by atoms with Crippen molar-refractivity contribution in [1.29, 1.82) is 0 Å². The lowest BCUT2D eigenvalue weighted by molar-refractivity contribution is -0.249. The van der Waals surface area contributed by atoms with Gasteiger partial charge < -0.3 is 29.2 Å². The Hall–Kier alpha value is -1.02. The molecule has 6 nitrogen and oxygen atoms in total. The standard InChI is InChI=1S/C20H24O6/c1-17(2)25-14-15(26-17)24-13-12-19(13)16(18(19,9-21)10-22)20(12,14)23-8-11-6-4-3-5-7-11/h3-7,12-16,21-22H,8-10H2,1-2H3. The molecule has 5 aliphatic rings. The summed E-state index contributed by atoms with van der Waals surface area (Å²) in [6.45, 7) is 4.13. The van der Waals surface area contributed by atoms with Crippen LogP contribution in [0.1, 0.15) is 19.4 Å². The summed E-state index contributed by atoms with van der Waals surface area (Å²) >= 11 is 0. The zero-order valence-electron chi connectivity index (χ0n) is 14.9. The van der Waals surface area contributed by atoms with Gasteiger partial charge in [-0.15, -0.1) is 0 Å². The maximum Gasteiger partial charge on any atom is 0.190 e. The summed E-state index contributed by atoms with van der Waals surface area (Å²) in [5.74, 6) is -0.533. The molecule has 140 valence electrons. The number of aliphatic hydroxyl groups excluding tert-OH is 2.